The minimum atomic E-state index is -0.136. The van der Waals surface area contributed by atoms with E-state index in [1.807, 2.05) is 26.0 Å². The average molecular weight is 305 g/mol. The first-order valence-corrected chi connectivity index (χ1v) is 9.07. The zero-order chi connectivity index (χ0) is 16.1. The molecule has 2 fully saturated rings. The Morgan fingerprint density at radius 3 is 2.09 bits per heavy atom. The number of rotatable bonds is 4. The maximum atomic E-state index is 12.9. The molecule has 2 aliphatic rings. The Morgan fingerprint density at radius 1 is 1.05 bits per heavy atom. The average Bonchev–Trinajstić information content (AvgIpc) is 3.00. The van der Waals surface area contributed by atoms with Gasteiger partial charge in [0.1, 0.15) is 5.82 Å². The third kappa shape index (κ3) is 4.55. The molecule has 0 radical (unpaired) electrons. The van der Waals surface area contributed by atoms with Gasteiger partial charge >= 0.3 is 0 Å². The fourth-order valence-corrected chi connectivity index (χ4v) is 4.36. The summed E-state index contributed by atoms with van der Waals surface area (Å²) >= 11 is 0. The van der Waals surface area contributed by atoms with Crippen molar-refractivity contribution in [3.8, 4) is 0 Å². The van der Waals surface area contributed by atoms with Crippen molar-refractivity contribution >= 4 is 0 Å². The molecule has 0 bridgehead atoms. The van der Waals surface area contributed by atoms with E-state index in [0.717, 1.165) is 30.2 Å². The van der Waals surface area contributed by atoms with Gasteiger partial charge in [-0.05, 0) is 60.6 Å². The number of nitrogens with zero attached hydrogens (tertiary/aromatic N) is 1. The van der Waals surface area contributed by atoms with Crippen LogP contribution in [0, 0.1) is 29.5 Å². The number of hydrogen-bond acceptors (Lipinski definition) is 1. The van der Waals surface area contributed by atoms with E-state index in [1.54, 1.807) is 12.1 Å². The van der Waals surface area contributed by atoms with Crippen molar-refractivity contribution in [3.63, 3.8) is 0 Å². The van der Waals surface area contributed by atoms with Crippen LogP contribution >= 0.6 is 0 Å². The van der Waals surface area contributed by atoms with Gasteiger partial charge in [0.25, 0.3) is 0 Å². The molecule has 1 aromatic rings. The van der Waals surface area contributed by atoms with Crippen LogP contribution in [0.2, 0.25) is 0 Å². The molecule has 124 valence electrons. The minimum Gasteiger partial charge on any atom is -0.299 e. The topological polar surface area (TPSA) is 3.24 Å². The molecule has 0 amide bonds. The fourth-order valence-electron chi connectivity index (χ4n) is 4.36. The van der Waals surface area contributed by atoms with Gasteiger partial charge in [0, 0.05) is 19.6 Å². The lowest BCUT2D eigenvalue weighted by Crippen LogP contribution is -2.22. The van der Waals surface area contributed by atoms with Crippen LogP contribution in [-0.4, -0.2) is 18.0 Å². The summed E-state index contributed by atoms with van der Waals surface area (Å²) < 4.78 is 12.9. The van der Waals surface area contributed by atoms with Gasteiger partial charge in [0.2, 0.25) is 0 Å². The molecule has 1 aliphatic heterocycles. The summed E-state index contributed by atoms with van der Waals surface area (Å²) in [5.74, 6) is 3.51. The standard InChI is InChI=1S/C18H26FN.C2H6/c1-13(2)7-15-8-16-11-20(12-17(16)9-15)10-14-3-5-18(19)6-4-14;1-2/h3-6,13,15-17H,7-12H2,1-2H3;1-2H3. The van der Waals surface area contributed by atoms with E-state index in [2.05, 4.69) is 18.7 Å². The van der Waals surface area contributed by atoms with Gasteiger partial charge in [-0.3, -0.25) is 4.90 Å². The summed E-state index contributed by atoms with van der Waals surface area (Å²) in [5, 5.41) is 0. The third-order valence-electron chi connectivity index (χ3n) is 5.05. The lowest BCUT2D eigenvalue weighted by molar-refractivity contribution is 0.281. The Kier molecular flexibility index (Phi) is 6.43. The molecule has 1 aliphatic carbocycles. The van der Waals surface area contributed by atoms with Crippen LogP contribution < -0.4 is 0 Å². The normalized spacial score (nSPS) is 27.6. The molecule has 2 heteroatoms. The van der Waals surface area contributed by atoms with Crippen molar-refractivity contribution in [1.82, 2.24) is 4.90 Å². The van der Waals surface area contributed by atoms with Gasteiger partial charge in [-0.2, -0.15) is 0 Å². The Morgan fingerprint density at radius 2 is 1.59 bits per heavy atom. The summed E-state index contributed by atoms with van der Waals surface area (Å²) in [7, 11) is 0. The molecule has 22 heavy (non-hydrogen) atoms. The molecule has 1 heterocycles. The van der Waals surface area contributed by atoms with E-state index in [1.165, 1.54) is 37.9 Å². The first-order valence-electron chi connectivity index (χ1n) is 9.07. The number of benzene rings is 1. The quantitative estimate of drug-likeness (QED) is 0.724. The van der Waals surface area contributed by atoms with Crippen molar-refractivity contribution in [1.29, 1.82) is 0 Å². The fraction of sp³-hybridized carbons (Fsp3) is 0.700. The van der Waals surface area contributed by atoms with E-state index >= 15 is 0 Å². The highest BCUT2D eigenvalue weighted by Gasteiger charge is 2.40. The maximum absolute atomic E-state index is 12.9. The van der Waals surface area contributed by atoms with Crippen LogP contribution in [0.5, 0.6) is 0 Å². The second-order valence-corrected chi connectivity index (χ2v) is 7.31. The number of hydrogen-bond donors (Lipinski definition) is 0. The van der Waals surface area contributed by atoms with Crippen molar-refractivity contribution in [2.24, 2.45) is 23.7 Å². The van der Waals surface area contributed by atoms with E-state index in [4.69, 9.17) is 0 Å². The zero-order valence-electron chi connectivity index (χ0n) is 14.7. The van der Waals surface area contributed by atoms with Crippen molar-refractivity contribution in [2.45, 2.75) is 53.5 Å². The van der Waals surface area contributed by atoms with E-state index in [-0.39, 0.29) is 5.82 Å². The molecule has 1 nitrogen and oxygen atoms in total. The maximum Gasteiger partial charge on any atom is 0.123 e. The molecule has 1 saturated carbocycles. The van der Waals surface area contributed by atoms with Gasteiger partial charge in [0.15, 0.2) is 0 Å². The van der Waals surface area contributed by atoms with Crippen LogP contribution in [-0.2, 0) is 6.54 Å². The van der Waals surface area contributed by atoms with Crippen LogP contribution in [0.25, 0.3) is 0 Å². The summed E-state index contributed by atoms with van der Waals surface area (Å²) in [6.07, 6.45) is 4.27. The largest absolute Gasteiger partial charge is 0.299 e. The van der Waals surface area contributed by atoms with Gasteiger partial charge in [-0.1, -0.05) is 39.8 Å². The first-order chi connectivity index (χ1) is 10.6. The molecule has 3 rings (SSSR count). The molecule has 2 atom stereocenters. The predicted octanol–water partition coefficient (Wildman–Crippen LogP) is 5.36. The smallest absolute Gasteiger partial charge is 0.123 e. The van der Waals surface area contributed by atoms with Crippen molar-refractivity contribution < 1.29 is 4.39 Å². The van der Waals surface area contributed by atoms with Crippen molar-refractivity contribution in [3.05, 3.63) is 35.6 Å². The first kappa shape index (κ1) is 17.5. The molecule has 1 saturated heterocycles. The summed E-state index contributed by atoms with van der Waals surface area (Å²) in [6, 6.07) is 6.99. The lowest BCUT2D eigenvalue weighted by Gasteiger charge is -2.19. The van der Waals surface area contributed by atoms with Crippen molar-refractivity contribution in [2.75, 3.05) is 13.1 Å². The van der Waals surface area contributed by atoms with Crippen LogP contribution in [0.4, 0.5) is 4.39 Å². The van der Waals surface area contributed by atoms with E-state index < -0.39 is 0 Å². The SMILES string of the molecule is CC.CC(C)CC1CC2CN(Cc3ccc(F)cc3)CC2C1. The monoisotopic (exact) mass is 305 g/mol. The number of halogens is 1. The second kappa shape index (κ2) is 8.10. The molecular weight excluding hydrogens is 273 g/mol. The second-order valence-electron chi connectivity index (χ2n) is 7.31. The Hall–Kier alpha value is -0.890. The van der Waals surface area contributed by atoms with Gasteiger partial charge < -0.3 is 0 Å². The highest BCUT2D eigenvalue weighted by atomic mass is 19.1. The Balaban J connectivity index is 0.000000847. The van der Waals surface area contributed by atoms with Crippen LogP contribution in [0.1, 0.15) is 52.5 Å². The molecule has 0 aromatic heterocycles. The lowest BCUT2D eigenvalue weighted by atomic mass is 9.94. The van der Waals surface area contributed by atoms with Gasteiger partial charge in [-0.15, -0.1) is 0 Å². The summed E-state index contributed by atoms with van der Waals surface area (Å²) in [4.78, 5) is 2.56. The summed E-state index contributed by atoms with van der Waals surface area (Å²) in [6.45, 7) is 12.2. The molecule has 2 unspecified atom stereocenters. The van der Waals surface area contributed by atoms with Crippen LogP contribution in [0.15, 0.2) is 24.3 Å². The molecule has 1 aromatic carbocycles. The highest BCUT2D eigenvalue weighted by molar-refractivity contribution is 5.16. The molecular formula is C20H32FN. The van der Waals surface area contributed by atoms with Gasteiger partial charge in [0.05, 0.1) is 0 Å². The van der Waals surface area contributed by atoms with E-state index in [0.29, 0.717) is 0 Å². The van der Waals surface area contributed by atoms with Gasteiger partial charge in [-0.25, -0.2) is 4.39 Å². The Labute approximate surface area is 135 Å². The third-order valence-corrected chi connectivity index (χ3v) is 5.05. The molecule has 0 N–H and O–H groups in total. The minimum absolute atomic E-state index is 0.136. The molecule has 0 spiro atoms. The van der Waals surface area contributed by atoms with Crippen LogP contribution in [0.3, 0.4) is 0 Å². The number of likely N-dealkylation sites (tertiary alicyclic amines) is 1. The Bertz CT molecular complexity index is 426. The van der Waals surface area contributed by atoms with E-state index in [9.17, 15) is 4.39 Å². The predicted molar refractivity (Wildman–Crippen MR) is 92.2 cm³/mol. The zero-order valence-corrected chi connectivity index (χ0v) is 14.7. The number of fused-ring (bicyclic) bond motifs is 1. The summed E-state index contributed by atoms with van der Waals surface area (Å²) in [5.41, 5.74) is 1.24. The highest BCUT2D eigenvalue weighted by Crippen LogP contribution is 2.44.